The maximum Gasteiger partial charge on any atom is 0.279 e. The van der Waals surface area contributed by atoms with Gasteiger partial charge in [0.15, 0.2) is 13.1 Å². The average molecular weight is 360 g/mol. The highest BCUT2D eigenvalue weighted by molar-refractivity contribution is 5.91. The first-order valence-corrected chi connectivity index (χ1v) is 8.42. The number of benzene rings is 1. The molecule has 2 N–H and O–H groups in total. The summed E-state index contributed by atoms with van der Waals surface area (Å²) in [7, 11) is 5.11. The monoisotopic (exact) mass is 360 g/mol. The normalized spacial score (nSPS) is 11.7. The molecule has 1 atom stereocenters. The number of anilines is 1. The molecule has 2 amide bonds. The number of rotatable bonds is 8. The summed E-state index contributed by atoms with van der Waals surface area (Å²) in [6, 6.07) is 10.9. The summed E-state index contributed by atoms with van der Waals surface area (Å²) in [6.07, 6.45) is 0. The zero-order valence-corrected chi connectivity index (χ0v) is 15.7. The van der Waals surface area contributed by atoms with Crippen molar-refractivity contribution < 1.29 is 23.6 Å². The van der Waals surface area contributed by atoms with Crippen LogP contribution in [0.15, 0.2) is 40.8 Å². The number of nitrogens with zero attached hydrogens (tertiary/aromatic N) is 1. The largest absolute Gasteiger partial charge is 0.497 e. The molecular weight excluding hydrogens is 334 g/mol. The van der Waals surface area contributed by atoms with Crippen molar-refractivity contribution in [1.29, 1.82) is 0 Å². The molecule has 0 aliphatic rings. The minimum atomic E-state index is -0.159. The molecule has 0 aliphatic heterocycles. The van der Waals surface area contributed by atoms with Gasteiger partial charge in [-0.3, -0.25) is 9.59 Å². The summed E-state index contributed by atoms with van der Waals surface area (Å²) < 4.78 is 10.6. The van der Waals surface area contributed by atoms with Crippen molar-refractivity contribution in [2.45, 2.75) is 13.5 Å². The van der Waals surface area contributed by atoms with Gasteiger partial charge >= 0.3 is 0 Å². The SMILES string of the molecule is COc1cccc(NC(=O)C[NH+](C)CC(=O)N(C)Cc2ccc(C)o2)c1. The fourth-order valence-corrected chi connectivity index (χ4v) is 2.53. The van der Waals surface area contributed by atoms with Gasteiger partial charge in [0.05, 0.1) is 20.7 Å². The Bertz CT molecular complexity index is 757. The molecule has 0 saturated heterocycles. The molecule has 1 heterocycles. The number of aryl methyl sites for hydroxylation is 1. The fourth-order valence-electron chi connectivity index (χ4n) is 2.53. The number of hydrogen-bond donors (Lipinski definition) is 2. The predicted molar refractivity (Wildman–Crippen MR) is 98.2 cm³/mol. The first kappa shape index (κ1) is 19.5. The van der Waals surface area contributed by atoms with Crippen LogP contribution in [0.4, 0.5) is 5.69 Å². The molecule has 0 radical (unpaired) electrons. The van der Waals surface area contributed by atoms with Crippen molar-refractivity contribution in [3.8, 4) is 5.75 Å². The Kier molecular flexibility index (Phi) is 6.80. The Morgan fingerprint density at radius 1 is 1.23 bits per heavy atom. The van der Waals surface area contributed by atoms with E-state index in [9.17, 15) is 9.59 Å². The second-order valence-corrected chi connectivity index (χ2v) is 6.35. The number of carbonyl (C=O) groups is 2. The van der Waals surface area contributed by atoms with Crippen LogP contribution in [0, 0.1) is 6.92 Å². The van der Waals surface area contributed by atoms with E-state index in [-0.39, 0.29) is 24.9 Å². The van der Waals surface area contributed by atoms with E-state index >= 15 is 0 Å². The lowest BCUT2D eigenvalue weighted by atomic mass is 10.3. The summed E-state index contributed by atoms with van der Waals surface area (Å²) >= 11 is 0. The molecule has 0 bridgehead atoms. The summed E-state index contributed by atoms with van der Waals surface area (Å²) in [5.41, 5.74) is 0.666. The molecule has 7 nitrogen and oxygen atoms in total. The third-order valence-electron chi connectivity index (χ3n) is 3.88. The van der Waals surface area contributed by atoms with Crippen LogP contribution >= 0.6 is 0 Å². The molecule has 1 aromatic carbocycles. The molecule has 7 heteroatoms. The quantitative estimate of drug-likeness (QED) is 0.727. The highest BCUT2D eigenvalue weighted by Gasteiger charge is 2.18. The maximum atomic E-state index is 12.3. The van der Waals surface area contributed by atoms with Gasteiger partial charge < -0.3 is 24.3 Å². The second-order valence-electron chi connectivity index (χ2n) is 6.35. The number of likely N-dealkylation sites (N-methyl/N-ethyl adjacent to an activating group) is 2. The van der Waals surface area contributed by atoms with E-state index in [1.165, 1.54) is 0 Å². The van der Waals surface area contributed by atoms with Crippen LogP contribution in [-0.4, -0.2) is 51.0 Å². The molecule has 1 unspecified atom stereocenters. The van der Waals surface area contributed by atoms with Crippen molar-refractivity contribution in [3.63, 3.8) is 0 Å². The van der Waals surface area contributed by atoms with Crippen LogP contribution in [0.3, 0.4) is 0 Å². The Balaban J connectivity index is 1.79. The van der Waals surface area contributed by atoms with E-state index in [1.54, 1.807) is 37.3 Å². The summed E-state index contributed by atoms with van der Waals surface area (Å²) in [5.74, 6) is 2.02. The Hall–Kier alpha value is -2.80. The van der Waals surface area contributed by atoms with Gasteiger partial charge in [0.25, 0.3) is 11.8 Å². The summed E-state index contributed by atoms with van der Waals surface area (Å²) in [5, 5.41) is 2.81. The molecule has 0 fully saturated rings. The maximum absolute atomic E-state index is 12.3. The number of furan rings is 1. The number of methoxy groups -OCH3 is 1. The Morgan fingerprint density at radius 2 is 2.00 bits per heavy atom. The minimum Gasteiger partial charge on any atom is -0.497 e. The van der Waals surface area contributed by atoms with E-state index in [0.717, 1.165) is 16.4 Å². The first-order valence-electron chi connectivity index (χ1n) is 8.42. The van der Waals surface area contributed by atoms with Crippen LogP contribution in [0.25, 0.3) is 0 Å². The number of nitrogens with one attached hydrogen (secondary N) is 2. The number of ether oxygens (including phenoxy) is 1. The third kappa shape index (κ3) is 5.93. The highest BCUT2D eigenvalue weighted by Crippen LogP contribution is 2.16. The van der Waals surface area contributed by atoms with Crippen LogP contribution in [0.5, 0.6) is 5.75 Å². The van der Waals surface area contributed by atoms with Crippen LogP contribution < -0.4 is 15.0 Å². The Labute approximate surface area is 153 Å². The van der Waals surface area contributed by atoms with Gasteiger partial charge in [-0.2, -0.15) is 0 Å². The molecule has 0 saturated carbocycles. The number of hydrogen-bond acceptors (Lipinski definition) is 4. The van der Waals surface area contributed by atoms with Crippen LogP contribution in [0.2, 0.25) is 0 Å². The molecule has 2 aromatic rings. The van der Waals surface area contributed by atoms with Gasteiger partial charge in [-0.05, 0) is 31.2 Å². The van der Waals surface area contributed by atoms with Crippen molar-refractivity contribution in [1.82, 2.24) is 4.90 Å². The molecular formula is C19H26N3O4+. The minimum absolute atomic E-state index is 0.0502. The van der Waals surface area contributed by atoms with Crippen LogP contribution in [-0.2, 0) is 16.1 Å². The molecule has 2 rings (SSSR count). The smallest absolute Gasteiger partial charge is 0.279 e. The van der Waals surface area contributed by atoms with E-state index < -0.39 is 0 Å². The first-order chi connectivity index (χ1) is 12.4. The second kappa shape index (κ2) is 9.05. The van der Waals surface area contributed by atoms with Gasteiger partial charge in [0, 0.05) is 18.8 Å². The average Bonchev–Trinajstić information content (AvgIpc) is 2.99. The topological polar surface area (TPSA) is 76.2 Å². The molecule has 140 valence electrons. The number of carbonyl (C=O) groups excluding carboxylic acids is 2. The molecule has 0 spiro atoms. The van der Waals surface area contributed by atoms with E-state index in [1.807, 2.05) is 32.2 Å². The molecule has 26 heavy (non-hydrogen) atoms. The number of amides is 2. The lowest BCUT2D eigenvalue weighted by Gasteiger charge is -2.19. The van der Waals surface area contributed by atoms with Gasteiger partial charge in [-0.15, -0.1) is 0 Å². The van der Waals surface area contributed by atoms with Gasteiger partial charge in [-0.25, -0.2) is 0 Å². The van der Waals surface area contributed by atoms with Crippen molar-refractivity contribution in [3.05, 3.63) is 47.9 Å². The van der Waals surface area contributed by atoms with Gasteiger partial charge in [-0.1, -0.05) is 6.07 Å². The van der Waals surface area contributed by atoms with E-state index in [4.69, 9.17) is 9.15 Å². The molecule has 1 aromatic heterocycles. The zero-order valence-electron chi connectivity index (χ0n) is 15.7. The molecule has 0 aliphatic carbocycles. The summed E-state index contributed by atoms with van der Waals surface area (Å²) in [6.45, 7) is 2.69. The Morgan fingerprint density at radius 3 is 2.65 bits per heavy atom. The van der Waals surface area contributed by atoms with Gasteiger partial charge in [0.2, 0.25) is 0 Å². The summed E-state index contributed by atoms with van der Waals surface area (Å²) in [4.78, 5) is 26.9. The predicted octanol–water partition coefficient (Wildman–Crippen LogP) is 0.708. The van der Waals surface area contributed by atoms with E-state index in [2.05, 4.69) is 5.32 Å². The van der Waals surface area contributed by atoms with Crippen LogP contribution in [0.1, 0.15) is 11.5 Å². The third-order valence-corrected chi connectivity index (χ3v) is 3.88. The van der Waals surface area contributed by atoms with Crippen molar-refractivity contribution >= 4 is 17.5 Å². The van der Waals surface area contributed by atoms with Crippen molar-refractivity contribution in [2.24, 2.45) is 0 Å². The lowest BCUT2D eigenvalue weighted by molar-refractivity contribution is -0.862. The lowest BCUT2D eigenvalue weighted by Crippen LogP contribution is -3.11. The number of quaternary nitrogens is 1. The standard InChI is InChI=1S/C19H25N3O4/c1-14-8-9-17(26-14)11-22(3)19(24)13-21(2)12-18(23)20-15-6-5-7-16(10-15)25-4/h5-10H,11-13H2,1-4H3,(H,20,23)/p+1. The van der Waals surface area contributed by atoms with Crippen molar-refractivity contribution in [2.75, 3.05) is 39.6 Å². The fraction of sp³-hybridized carbons (Fsp3) is 0.368. The zero-order chi connectivity index (χ0) is 19.1. The van der Waals surface area contributed by atoms with E-state index in [0.29, 0.717) is 18.0 Å². The highest BCUT2D eigenvalue weighted by atomic mass is 16.5. The van der Waals surface area contributed by atoms with Gasteiger partial charge in [0.1, 0.15) is 17.3 Å².